The summed E-state index contributed by atoms with van der Waals surface area (Å²) in [4.78, 5) is 22.5. The minimum atomic E-state index is -0.857. The average Bonchev–Trinajstić information content (AvgIpc) is 2.82. The van der Waals surface area contributed by atoms with Crippen LogP contribution in [0.1, 0.15) is 36.1 Å². The quantitative estimate of drug-likeness (QED) is 0.309. The van der Waals surface area contributed by atoms with Gasteiger partial charge in [0, 0.05) is 11.1 Å². The van der Waals surface area contributed by atoms with E-state index in [9.17, 15) is 14.7 Å². The highest BCUT2D eigenvalue weighted by Gasteiger charge is 2.15. The van der Waals surface area contributed by atoms with E-state index < -0.39 is 24.1 Å². The summed E-state index contributed by atoms with van der Waals surface area (Å²) in [6.07, 6.45) is -1.55. The lowest BCUT2D eigenvalue weighted by Gasteiger charge is -2.16. The maximum absolute atomic E-state index is 11.3. The van der Waals surface area contributed by atoms with Crippen molar-refractivity contribution in [1.82, 2.24) is 0 Å². The summed E-state index contributed by atoms with van der Waals surface area (Å²) in [6, 6.07) is 11.6. The number of aliphatic hydroxyl groups excluding tert-OH is 2. The molecule has 2 rings (SSSR count). The Bertz CT molecular complexity index is 1060. The molecule has 8 heteroatoms. The van der Waals surface area contributed by atoms with Crippen molar-refractivity contribution < 1.29 is 38.7 Å². The van der Waals surface area contributed by atoms with Crippen LogP contribution >= 0.6 is 0 Å². The maximum atomic E-state index is 11.3. The van der Waals surface area contributed by atoms with Gasteiger partial charge in [-0.15, -0.1) is 0 Å². The molecule has 0 aliphatic rings. The van der Waals surface area contributed by atoms with Gasteiger partial charge in [0.1, 0.15) is 37.4 Å². The highest BCUT2D eigenvalue weighted by molar-refractivity contribution is 5.87. The molecule has 0 saturated carbocycles. The van der Waals surface area contributed by atoms with Crippen LogP contribution < -0.4 is 9.47 Å². The molecule has 0 saturated heterocycles. The number of hydrogen-bond donors (Lipinski definition) is 2. The Morgan fingerprint density at radius 2 is 1.16 bits per heavy atom. The van der Waals surface area contributed by atoms with Crippen molar-refractivity contribution in [2.45, 2.75) is 53.8 Å². The number of carbonyl (C=O) groups is 2. The number of esters is 2. The van der Waals surface area contributed by atoms with Crippen LogP contribution in [0.2, 0.25) is 0 Å². The summed E-state index contributed by atoms with van der Waals surface area (Å²) in [5.41, 5.74) is 4.98. The first-order chi connectivity index (χ1) is 17.8. The van der Waals surface area contributed by atoms with E-state index in [0.29, 0.717) is 22.6 Å². The van der Waals surface area contributed by atoms with Crippen LogP contribution in [-0.2, 0) is 19.1 Å². The van der Waals surface area contributed by atoms with E-state index in [1.165, 1.54) is 0 Å². The number of hydrogen-bond acceptors (Lipinski definition) is 8. The fourth-order valence-electron chi connectivity index (χ4n) is 3.13. The summed E-state index contributed by atoms with van der Waals surface area (Å²) in [7, 11) is 0. The van der Waals surface area contributed by atoms with Gasteiger partial charge in [-0.25, -0.2) is 9.59 Å². The molecule has 0 amide bonds. The van der Waals surface area contributed by atoms with Crippen molar-refractivity contribution in [3.63, 3.8) is 0 Å². The Morgan fingerprint density at radius 3 is 1.55 bits per heavy atom. The summed E-state index contributed by atoms with van der Waals surface area (Å²) in [6.45, 7) is 17.8. The van der Waals surface area contributed by atoms with Crippen molar-refractivity contribution >= 4 is 11.9 Å². The van der Waals surface area contributed by atoms with Crippen molar-refractivity contribution in [2.75, 3.05) is 26.4 Å². The van der Waals surface area contributed by atoms with Gasteiger partial charge in [-0.05, 0) is 88.1 Å². The Kier molecular flexibility index (Phi) is 13.9. The van der Waals surface area contributed by atoms with Gasteiger partial charge in [0.2, 0.25) is 0 Å². The van der Waals surface area contributed by atoms with Crippen molar-refractivity contribution in [2.24, 2.45) is 0 Å². The third-order valence-electron chi connectivity index (χ3n) is 4.85. The fourth-order valence-corrected chi connectivity index (χ4v) is 3.13. The van der Waals surface area contributed by atoms with Gasteiger partial charge >= 0.3 is 11.9 Å². The number of rotatable bonds is 12. The van der Waals surface area contributed by atoms with Crippen LogP contribution in [0.5, 0.6) is 11.5 Å². The first-order valence-corrected chi connectivity index (χ1v) is 12.2. The topological polar surface area (TPSA) is 112 Å². The Morgan fingerprint density at radius 1 is 0.737 bits per heavy atom. The molecule has 0 heterocycles. The largest absolute Gasteiger partial charge is 0.491 e. The van der Waals surface area contributed by atoms with E-state index in [1.807, 2.05) is 64.1 Å². The van der Waals surface area contributed by atoms with Crippen molar-refractivity contribution in [1.29, 1.82) is 0 Å². The third kappa shape index (κ3) is 13.1. The van der Waals surface area contributed by atoms with E-state index in [0.717, 1.165) is 22.3 Å². The number of carbonyl (C=O) groups excluding carboxylic acids is 2. The molecule has 208 valence electrons. The molecular formula is C30H40O8. The normalized spacial score (nSPS) is 11.8. The maximum Gasteiger partial charge on any atom is 0.333 e. The molecule has 0 aromatic heterocycles. The minimum Gasteiger partial charge on any atom is -0.491 e. The predicted molar refractivity (Wildman–Crippen MR) is 146 cm³/mol. The number of aliphatic hydroxyl groups is 2. The van der Waals surface area contributed by atoms with E-state index >= 15 is 0 Å². The first-order valence-electron chi connectivity index (χ1n) is 12.2. The smallest absolute Gasteiger partial charge is 0.333 e. The molecule has 2 atom stereocenters. The summed E-state index contributed by atoms with van der Waals surface area (Å²) in [5.74, 6) is 0.360. The molecule has 2 aromatic rings. The van der Waals surface area contributed by atoms with Crippen molar-refractivity contribution in [3.05, 3.63) is 83.0 Å². The average molecular weight is 529 g/mol. The van der Waals surface area contributed by atoms with Crippen LogP contribution in [-0.4, -0.2) is 60.8 Å². The highest BCUT2D eigenvalue weighted by Crippen LogP contribution is 2.17. The van der Waals surface area contributed by atoms with Crippen LogP contribution in [0.4, 0.5) is 0 Å². The lowest BCUT2D eigenvalue weighted by Crippen LogP contribution is -2.28. The van der Waals surface area contributed by atoms with Gasteiger partial charge in [0.25, 0.3) is 0 Å². The summed E-state index contributed by atoms with van der Waals surface area (Å²) < 4.78 is 20.9. The molecule has 2 N–H and O–H groups in total. The first kappa shape index (κ1) is 32.4. The molecule has 0 fully saturated rings. The van der Waals surface area contributed by atoms with E-state index in [4.69, 9.17) is 24.1 Å². The molecule has 0 spiro atoms. The lowest BCUT2D eigenvalue weighted by atomic mass is 10.1. The van der Waals surface area contributed by atoms with E-state index in [1.54, 1.807) is 13.8 Å². The molecule has 0 bridgehead atoms. The molecule has 8 nitrogen and oxygen atoms in total. The Hall–Kier alpha value is -3.62. The second-order valence-corrected chi connectivity index (χ2v) is 9.29. The number of ether oxygens (including phenoxy) is 4. The second-order valence-electron chi connectivity index (χ2n) is 9.29. The van der Waals surface area contributed by atoms with Gasteiger partial charge < -0.3 is 29.2 Å². The number of benzene rings is 2. The number of aryl methyl sites for hydroxylation is 4. The monoisotopic (exact) mass is 528 g/mol. The molecule has 38 heavy (non-hydrogen) atoms. The molecule has 0 radical (unpaired) electrons. The van der Waals surface area contributed by atoms with Crippen LogP contribution in [0.3, 0.4) is 0 Å². The zero-order chi connectivity index (χ0) is 28.8. The van der Waals surface area contributed by atoms with Crippen LogP contribution in [0.25, 0.3) is 0 Å². The molecule has 2 aromatic carbocycles. The van der Waals surface area contributed by atoms with Crippen LogP contribution in [0, 0.1) is 27.7 Å². The van der Waals surface area contributed by atoms with Crippen LogP contribution in [0.15, 0.2) is 60.7 Å². The molecule has 0 aliphatic heterocycles. The molecular weight excluding hydrogens is 488 g/mol. The summed E-state index contributed by atoms with van der Waals surface area (Å²) >= 11 is 0. The summed E-state index contributed by atoms with van der Waals surface area (Å²) in [5, 5.41) is 18.8. The van der Waals surface area contributed by atoms with Gasteiger partial charge in [0.05, 0.1) is 6.61 Å². The van der Waals surface area contributed by atoms with Gasteiger partial charge in [-0.1, -0.05) is 25.3 Å². The van der Waals surface area contributed by atoms with Gasteiger partial charge in [0.15, 0.2) is 6.10 Å². The molecule has 0 aliphatic carbocycles. The van der Waals surface area contributed by atoms with E-state index in [-0.39, 0.29) is 26.4 Å². The minimum absolute atomic E-state index is 0.0758. The standard InChI is InChI=1S/2C15H20O4/c1-10(2)15(17)19-9-13(16)8-18-14-6-11(3)5-12(4)7-14;1-10(2)15(17)19-14(8-16)9-18-13-6-11(3)5-12(4)7-13/h5-7,13,16H,1,8-9H2,2-4H3;5-7,14,16H,1,8-9H2,2-4H3. The fraction of sp³-hybridized carbons (Fsp3) is 0.400. The Balaban J connectivity index is 0.000000380. The SMILES string of the molecule is C=C(C)C(=O)OC(CO)COc1cc(C)cc(C)c1.C=C(C)C(=O)OCC(O)COc1cc(C)cc(C)c1. The molecule has 2 unspecified atom stereocenters. The van der Waals surface area contributed by atoms with Gasteiger partial charge in [-0.3, -0.25) is 0 Å². The third-order valence-corrected chi connectivity index (χ3v) is 4.85. The lowest BCUT2D eigenvalue weighted by molar-refractivity contribution is -0.148. The second kappa shape index (κ2) is 16.3. The van der Waals surface area contributed by atoms with Crippen molar-refractivity contribution in [3.8, 4) is 11.5 Å². The zero-order valence-electron chi connectivity index (χ0n) is 23.2. The Labute approximate surface area is 225 Å². The van der Waals surface area contributed by atoms with Gasteiger partial charge in [-0.2, -0.15) is 0 Å². The predicted octanol–water partition coefficient (Wildman–Crippen LogP) is 4.32. The van der Waals surface area contributed by atoms with E-state index in [2.05, 4.69) is 13.2 Å². The zero-order valence-corrected chi connectivity index (χ0v) is 23.2. The highest BCUT2D eigenvalue weighted by atomic mass is 16.6.